The lowest BCUT2D eigenvalue weighted by Gasteiger charge is -2.31. The van der Waals surface area contributed by atoms with E-state index >= 15 is 0 Å². The average molecular weight is 331 g/mol. The van der Waals surface area contributed by atoms with Crippen molar-refractivity contribution < 1.29 is 14.6 Å². The van der Waals surface area contributed by atoms with E-state index in [4.69, 9.17) is 4.42 Å². The number of aliphatic hydroxyl groups is 1. The number of benzene rings is 1. The Labute approximate surface area is 141 Å². The van der Waals surface area contributed by atoms with Crippen LogP contribution in [0.15, 0.2) is 27.4 Å². The topological polar surface area (TPSA) is 73.9 Å². The van der Waals surface area contributed by atoms with Gasteiger partial charge in [-0.3, -0.25) is 0 Å². The molecule has 24 heavy (non-hydrogen) atoms. The maximum absolute atomic E-state index is 11.9. The predicted octanol–water partition coefficient (Wildman–Crippen LogP) is 2.79. The minimum absolute atomic E-state index is 0.126. The largest absolute Gasteiger partial charge is 0.508 e. The quantitative estimate of drug-likeness (QED) is 0.843. The van der Waals surface area contributed by atoms with Crippen LogP contribution in [-0.4, -0.2) is 34.8 Å². The van der Waals surface area contributed by atoms with Gasteiger partial charge in [-0.15, -0.1) is 0 Å². The molecule has 5 heteroatoms. The fraction of sp³-hybridized carbons (Fsp3) is 0.526. The fourth-order valence-corrected chi connectivity index (χ4v) is 3.70. The number of hydrogen-bond donors (Lipinski definition) is 2. The minimum Gasteiger partial charge on any atom is -0.508 e. The van der Waals surface area contributed by atoms with E-state index in [0.717, 1.165) is 36.8 Å². The van der Waals surface area contributed by atoms with Gasteiger partial charge >= 0.3 is 5.63 Å². The molecule has 1 heterocycles. The first-order valence-corrected chi connectivity index (χ1v) is 8.57. The van der Waals surface area contributed by atoms with Crippen molar-refractivity contribution in [2.45, 2.75) is 45.3 Å². The number of rotatable bonds is 4. The summed E-state index contributed by atoms with van der Waals surface area (Å²) in [6.07, 6.45) is 3.99. The number of hydrogen-bond acceptors (Lipinski definition) is 5. The second-order valence-corrected chi connectivity index (χ2v) is 6.99. The highest BCUT2D eigenvalue weighted by atomic mass is 16.4. The van der Waals surface area contributed by atoms with E-state index in [0.29, 0.717) is 23.6 Å². The van der Waals surface area contributed by atoms with Crippen LogP contribution in [0.4, 0.5) is 0 Å². The Hall–Kier alpha value is -1.85. The van der Waals surface area contributed by atoms with Crippen molar-refractivity contribution in [1.29, 1.82) is 0 Å². The molecule has 0 radical (unpaired) electrons. The third-order valence-electron chi connectivity index (χ3n) is 5.07. The van der Waals surface area contributed by atoms with Gasteiger partial charge in [0.2, 0.25) is 0 Å². The Morgan fingerprint density at radius 3 is 2.79 bits per heavy atom. The summed E-state index contributed by atoms with van der Waals surface area (Å²) in [5.41, 5.74) is 1.51. The SMILES string of the molecule is Cc1c(O)ccc2c(CN(C)CC3CCCCC3O)cc(=O)oc12. The Morgan fingerprint density at radius 2 is 2.04 bits per heavy atom. The van der Waals surface area contributed by atoms with E-state index in [1.807, 2.05) is 7.05 Å². The third kappa shape index (κ3) is 3.47. The summed E-state index contributed by atoms with van der Waals surface area (Å²) in [6, 6.07) is 4.94. The zero-order chi connectivity index (χ0) is 17.3. The Balaban J connectivity index is 1.84. The summed E-state index contributed by atoms with van der Waals surface area (Å²) < 4.78 is 5.29. The van der Waals surface area contributed by atoms with Crippen LogP contribution in [0.2, 0.25) is 0 Å². The van der Waals surface area contributed by atoms with Crippen LogP contribution < -0.4 is 5.63 Å². The van der Waals surface area contributed by atoms with Crippen molar-refractivity contribution in [3.63, 3.8) is 0 Å². The Bertz CT molecular complexity index is 783. The molecule has 1 aliphatic rings. The molecular formula is C19H25NO4. The first-order valence-electron chi connectivity index (χ1n) is 8.57. The average Bonchev–Trinajstić information content (AvgIpc) is 2.53. The summed E-state index contributed by atoms with van der Waals surface area (Å²) in [6.45, 7) is 3.15. The number of nitrogens with zero attached hydrogens (tertiary/aromatic N) is 1. The lowest BCUT2D eigenvalue weighted by molar-refractivity contribution is 0.0502. The van der Waals surface area contributed by atoms with Gasteiger partial charge in [-0.25, -0.2) is 4.79 Å². The van der Waals surface area contributed by atoms with Crippen LogP contribution in [0.3, 0.4) is 0 Å². The van der Waals surface area contributed by atoms with Gasteiger partial charge in [-0.1, -0.05) is 12.8 Å². The molecule has 2 aromatic rings. The Kier molecular flexibility index (Phi) is 4.92. The monoisotopic (exact) mass is 331 g/mol. The summed E-state index contributed by atoms with van der Waals surface area (Å²) in [5.74, 6) is 0.419. The second-order valence-electron chi connectivity index (χ2n) is 6.99. The number of aryl methyl sites for hydroxylation is 1. The van der Waals surface area contributed by atoms with Crippen molar-refractivity contribution in [3.05, 3.63) is 39.7 Å². The van der Waals surface area contributed by atoms with Crippen molar-refractivity contribution in [2.75, 3.05) is 13.6 Å². The van der Waals surface area contributed by atoms with E-state index in [-0.39, 0.29) is 11.9 Å². The second kappa shape index (κ2) is 6.95. The molecule has 2 atom stereocenters. The van der Waals surface area contributed by atoms with E-state index < -0.39 is 5.63 Å². The van der Waals surface area contributed by atoms with E-state index in [2.05, 4.69) is 4.90 Å². The minimum atomic E-state index is -0.405. The number of phenolic OH excluding ortho intramolecular Hbond substituents is 1. The van der Waals surface area contributed by atoms with Crippen molar-refractivity contribution in [2.24, 2.45) is 5.92 Å². The first kappa shape index (κ1) is 17.0. The van der Waals surface area contributed by atoms with Gasteiger partial charge in [-0.2, -0.15) is 0 Å². The molecule has 0 bridgehead atoms. The van der Waals surface area contributed by atoms with Crippen LogP contribution in [-0.2, 0) is 6.54 Å². The lowest BCUT2D eigenvalue weighted by Crippen LogP contribution is -2.34. The summed E-state index contributed by atoms with van der Waals surface area (Å²) in [7, 11) is 2.01. The van der Waals surface area contributed by atoms with Crippen LogP contribution in [0.5, 0.6) is 5.75 Å². The van der Waals surface area contributed by atoms with Crippen molar-refractivity contribution >= 4 is 11.0 Å². The molecule has 0 spiro atoms. The molecule has 2 N–H and O–H groups in total. The molecule has 0 amide bonds. The summed E-state index contributed by atoms with van der Waals surface area (Å²) in [5, 5.41) is 20.8. The maximum Gasteiger partial charge on any atom is 0.336 e. The molecule has 3 rings (SSSR count). The molecule has 1 aromatic carbocycles. The van der Waals surface area contributed by atoms with Gasteiger partial charge in [0.15, 0.2) is 0 Å². The zero-order valence-corrected chi connectivity index (χ0v) is 14.3. The number of aliphatic hydroxyl groups excluding tert-OH is 1. The van der Waals surface area contributed by atoms with E-state index in [1.165, 1.54) is 12.5 Å². The standard InChI is InChI=1S/C19H25NO4/c1-12-16(21)8-7-15-14(9-18(23)24-19(12)15)11-20(2)10-13-5-3-4-6-17(13)22/h7-9,13,17,21-22H,3-6,10-11H2,1-2H3. The molecule has 1 saturated carbocycles. The molecule has 1 aliphatic carbocycles. The molecule has 0 saturated heterocycles. The highest BCUT2D eigenvalue weighted by molar-refractivity contribution is 5.84. The molecule has 5 nitrogen and oxygen atoms in total. The maximum atomic E-state index is 11.9. The van der Waals surface area contributed by atoms with Crippen LogP contribution >= 0.6 is 0 Å². The summed E-state index contributed by atoms with van der Waals surface area (Å²) in [4.78, 5) is 14.0. The van der Waals surface area contributed by atoms with Crippen LogP contribution in [0.25, 0.3) is 11.0 Å². The van der Waals surface area contributed by atoms with Crippen LogP contribution in [0.1, 0.15) is 36.8 Å². The highest BCUT2D eigenvalue weighted by Gasteiger charge is 2.24. The Morgan fingerprint density at radius 1 is 1.29 bits per heavy atom. The van der Waals surface area contributed by atoms with Gasteiger partial charge in [0.1, 0.15) is 11.3 Å². The lowest BCUT2D eigenvalue weighted by atomic mass is 9.86. The first-order chi connectivity index (χ1) is 11.5. The number of fused-ring (bicyclic) bond motifs is 1. The number of phenols is 1. The molecule has 2 unspecified atom stereocenters. The third-order valence-corrected chi connectivity index (χ3v) is 5.07. The van der Waals surface area contributed by atoms with E-state index in [9.17, 15) is 15.0 Å². The summed E-state index contributed by atoms with van der Waals surface area (Å²) >= 11 is 0. The normalized spacial score (nSPS) is 21.5. The molecule has 0 aliphatic heterocycles. The molecule has 1 fully saturated rings. The predicted molar refractivity (Wildman–Crippen MR) is 93.2 cm³/mol. The van der Waals surface area contributed by atoms with Gasteiger partial charge < -0.3 is 19.5 Å². The molecule has 130 valence electrons. The van der Waals surface area contributed by atoms with E-state index in [1.54, 1.807) is 19.1 Å². The van der Waals surface area contributed by atoms with Gasteiger partial charge in [-0.05, 0) is 50.4 Å². The van der Waals surface area contributed by atoms with Gasteiger partial charge in [0.25, 0.3) is 0 Å². The van der Waals surface area contributed by atoms with Crippen molar-refractivity contribution in [1.82, 2.24) is 4.90 Å². The van der Waals surface area contributed by atoms with Crippen LogP contribution in [0, 0.1) is 12.8 Å². The smallest absolute Gasteiger partial charge is 0.336 e. The zero-order valence-electron chi connectivity index (χ0n) is 14.3. The number of aromatic hydroxyl groups is 1. The highest BCUT2D eigenvalue weighted by Crippen LogP contribution is 2.29. The van der Waals surface area contributed by atoms with Crippen molar-refractivity contribution in [3.8, 4) is 5.75 Å². The fourth-order valence-electron chi connectivity index (χ4n) is 3.70. The van der Waals surface area contributed by atoms with Gasteiger partial charge in [0.05, 0.1) is 6.10 Å². The molecule has 1 aromatic heterocycles. The van der Waals surface area contributed by atoms with Gasteiger partial charge in [0, 0.05) is 30.1 Å². The molecular weight excluding hydrogens is 306 g/mol.